The molecule has 3 nitrogen and oxygen atoms in total. The molecule has 1 aromatic rings. The van der Waals surface area contributed by atoms with Gasteiger partial charge in [-0.2, -0.15) is 4.39 Å². The largest absolute Gasteiger partial charge is 0.488 e. The van der Waals surface area contributed by atoms with Crippen molar-refractivity contribution in [2.75, 3.05) is 0 Å². The molecule has 0 spiro atoms. The fraction of sp³-hybridized carbons (Fsp3) is 0. The van der Waals surface area contributed by atoms with Crippen LogP contribution in [-0.4, -0.2) is 22.2 Å². The highest BCUT2D eigenvalue weighted by atomic mass is 79.9. The molecule has 0 saturated heterocycles. The lowest BCUT2D eigenvalue weighted by atomic mass is 9.81. The van der Waals surface area contributed by atoms with Crippen molar-refractivity contribution in [2.24, 2.45) is 0 Å². The van der Waals surface area contributed by atoms with Gasteiger partial charge in [-0.05, 0) is 33.5 Å². The van der Waals surface area contributed by atoms with Crippen molar-refractivity contribution in [3.05, 3.63) is 22.7 Å². The third-order valence-electron chi connectivity index (χ3n) is 1.08. The maximum Gasteiger partial charge on any atom is 0.488 e. The first-order valence-corrected chi connectivity index (χ1v) is 3.58. The van der Waals surface area contributed by atoms with Crippen molar-refractivity contribution < 1.29 is 14.4 Å². The van der Waals surface area contributed by atoms with Crippen molar-refractivity contribution >= 4 is 28.5 Å². The lowest BCUT2D eigenvalue weighted by Gasteiger charge is -1.98. The van der Waals surface area contributed by atoms with E-state index in [1.165, 1.54) is 6.07 Å². The molecule has 0 amide bonds. The van der Waals surface area contributed by atoms with E-state index in [9.17, 15) is 4.39 Å². The molecule has 0 fully saturated rings. The van der Waals surface area contributed by atoms with Gasteiger partial charge in [-0.15, -0.1) is 0 Å². The minimum absolute atomic E-state index is 0.0735. The maximum absolute atomic E-state index is 12.4. The maximum atomic E-state index is 12.4. The molecule has 1 heterocycles. The van der Waals surface area contributed by atoms with E-state index >= 15 is 0 Å². The average molecular weight is 220 g/mol. The van der Waals surface area contributed by atoms with Gasteiger partial charge in [-0.25, -0.2) is 4.98 Å². The van der Waals surface area contributed by atoms with Crippen LogP contribution in [0.3, 0.4) is 0 Å². The van der Waals surface area contributed by atoms with Gasteiger partial charge in [-0.3, -0.25) is 0 Å². The second-order valence-electron chi connectivity index (χ2n) is 1.92. The standard InChI is InChI=1S/C5H4BBrFNO2/c7-4-1-3(6(10)11)2-5(8)9-4/h1-2,10-11H. The molecule has 0 aromatic carbocycles. The topological polar surface area (TPSA) is 53.4 Å². The predicted octanol–water partition coefficient (Wildman–Crippen LogP) is -0.337. The Morgan fingerprint density at radius 3 is 2.55 bits per heavy atom. The summed E-state index contributed by atoms with van der Waals surface area (Å²) in [6.07, 6.45) is 0. The summed E-state index contributed by atoms with van der Waals surface area (Å²) < 4.78 is 12.7. The van der Waals surface area contributed by atoms with Crippen molar-refractivity contribution in [1.82, 2.24) is 4.98 Å². The van der Waals surface area contributed by atoms with Crippen LogP contribution in [0.25, 0.3) is 0 Å². The predicted molar refractivity (Wildman–Crippen MR) is 41.7 cm³/mol. The molecular weight excluding hydrogens is 216 g/mol. The normalized spacial score (nSPS) is 9.82. The Labute approximate surface area is 71.2 Å². The SMILES string of the molecule is OB(O)c1cc(F)nc(Br)c1. The van der Waals surface area contributed by atoms with Gasteiger partial charge in [0.25, 0.3) is 0 Å². The van der Waals surface area contributed by atoms with Gasteiger partial charge in [0.05, 0.1) is 0 Å². The van der Waals surface area contributed by atoms with E-state index in [2.05, 4.69) is 20.9 Å². The Kier molecular flexibility index (Phi) is 2.59. The first kappa shape index (κ1) is 8.64. The van der Waals surface area contributed by atoms with Gasteiger partial charge in [-0.1, -0.05) is 0 Å². The van der Waals surface area contributed by atoms with E-state index in [-0.39, 0.29) is 10.1 Å². The third kappa shape index (κ3) is 2.25. The van der Waals surface area contributed by atoms with Gasteiger partial charge in [0.2, 0.25) is 5.95 Å². The quantitative estimate of drug-likeness (QED) is 0.502. The van der Waals surface area contributed by atoms with Crippen LogP contribution in [-0.2, 0) is 0 Å². The number of aromatic nitrogens is 1. The fourth-order valence-electron chi connectivity index (χ4n) is 0.632. The van der Waals surface area contributed by atoms with Crippen LogP contribution >= 0.6 is 15.9 Å². The van der Waals surface area contributed by atoms with Crippen LogP contribution in [0.1, 0.15) is 0 Å². The van der Waals surface area contributed by atoms with Crippen molar-refractivity contribution in [1.29, 1.82) is 0 Å². The van der Waals surface area contributed by atoms with E-state index in [1.54, 1.807) is 0 Å². The zero-order valence-corrected chi connectivity index (χ0v) is 6.92. The summed E-state index contributed by atoms with van der Waals surface area (Å²) in [6.45, 7) is 0. The van der Waals surface area contributed by atoms with Gasteiger partial charge in [0.15, 0.2) is 0 Å². The van der Waals surface area contributed by atoms with Crippen LogP contribution in [0.15, 0.2) is 16.7 Å². The van der Waals surface area contributed by atoms with Crippen molar-refractivity contribution in [3.8, 4) is 0 Å². The highest BCUT2D eigenvalue weighted by Crippen LogP contribution is 2.03. The number of nitrogens with zero attached hydrogens (tertiary/aromatic N) is 1. The smallest absolute Gasteiger partial charge is 0.423 e. The number of hydrogen-bond acceptors (Lipinski definition) is 3. The van der Waals surface area contributed by atoms with Crippen LogP contribution in [0, 0.1) is 5.95 Å². The lowest BCUT2D eigenvalue weighted by molar-refractivity contribution is 0.425. The van der Waals surface area contributed by atoms with Crippen molar-refractivity contribution in [2.45, 2.75) is 0 Å². The summed E-state index contributed by atoms with van der Waals surface area (Å²) in [5.74, 6) is -0.748. The number of hydrogen-bond donors (Lipinski definition) is 2. The average Bonchev–Trinajstić information content (AvgIpc) is 1.85. The Hall–Kier alpha value is -0.455. The summed E-state index contributed by atoms with van der Waals surface area (Å²) in [4.78, 5) is 3.34. The van der Waals surface area contributed by atoms with E-state index in [0.29, 0.717) is 0 Å². The first-order chi connectivity index (χ1) is 5.09. The Bertz CT molecular complexity index is 250. The molecule has 6 heteroatoms. The van der Waals surface area contributed by atoms with E-state index in [1.807, 2.05) is 0 Å². The number of pyridine rings is 1. The summed E-state index contributed by atoms with van der Waals surface area (Å²) in [7, 11) is -1.66. The minimum atomic E-state index is -1.66. The molecule has 0 saturated carbocycles. The molecule has 1 rings (SSSR count). The Balaban J connectivity index is 3.08. The molecule has 0 bridgehead atoms. The zero-order chi connectivity index (χ0) is 8.43. The molecular formula is C5H4BBrFNO2. The van der Waals surface area contributed by atoms with Gasteiger partial charge < -0.3 is 10.0 Å². The van der Waals surface area contributed by atoms with Crippen LogP contribution in [0.5, 0.6) is 0 Å². The molecule has 0 aliphatic heterocycles. The highest BCUT2D eigenvalue weighted by molar-refractivity contribution is 9.10. The zero-order valence-electron chi connectivity index (χ0n) is 5.33. The highest BCUT2D eigenvalue weighted by Gasteiger charge is 2.12. The summed E-state index contributed by atoms with van der Waals surface area (Å²) >= 11 is 2.91. The summed E-state index contributed by atoms with van der Waals surface area (Å²) in [5.41, 5.74) is 0.0735. The second-order valence-corrected chi connectivity index (χ2v) is 2.73. The molecule has 0 aliphatic carbocycles. The Morgan fingerprint density at radius 2 is 2.09 bits per heavy atom. The second kappa shape index (κ2) is 3.29. The molecule has 58 valence electrons. The van der Waals surface area contributed by atoms with Crippen LogP contribution < -0.4 is 5.46 Å². The molecule has 2 N–H and O–H groups in total. The van der Waals surface area contributed by atoms with Crippen molar-refractivity contribution in [3.63, 3.8) is 0 Å². The molecule has 0 unspecified atom stereocenters. The summed E-state index contributed by atoms with van der Waals surface area (Å²) in [6, 6.07) is 2.28. The molecule has 0 atom stereocenters. The van der Waals surface area contributed by atoms with E-state index in [0.717, 1.165) is 6.07 Å². The molecule has 0 aliphatic rings. The third-order valence-corrected chi connectivity index (χ3v) is 1.49. The Morgan fingerprint density at radius 1 is 1.45 bits per heavy atom. The molecule has 1 aromatic heterocycles. The number of rotatable bonds is 1. The molecule has 0 radical (unpaired) electrons. The fourth-order valence-corrected chi connectivity index (χ4v) is 1.07. The molecule has 11 heavy (non-hydrogen) atoms. The van der Waals surface area contributed by atoms with Crippen LogP contribution in [0.4, 0.5) is 4.39 Å². The monoisotopic (exact) mass is 219 g/mol. The summed E-state index contributed by atoms with van der Waals surface area (Å²) in [5, 5.41) is 17.2. The van der Waals surface area contributed by atoms with E-state index < -0.39 is 13.1 Å². The van der Waals surface area contributed by atoms with E-state index in [4.69, 9.17) is 10.0 Å². The minimum Gasteiger partial charge on any atom is -0.423 e. The lowest BCUT2D eigenvalue weighted by Crippen LogP contribution is -2.30. The van der Waals surface area contributed by atoms with Gasteiger partial charge in [0, 0.05) is 0 Å². The number of halogens is 2. The van der Waals surface area contributed by atoms with Gasteiger partial charge >= 0.3 is 7.12 Å². The first-order valence-electron chi connectivity index (χ1n) is 2.78. The van der Waals surface area contributed by atoms with Crippen LogP contribution in [0.2, 0.25) is 0 Å². The van der Waals surface area contributed by atoms with Gasteiger partial charge in [0.1, 0.15) is 4.60 Å².